The SMILES string of the molecule is CC(=O)OCC(=O)Cl.O=C(CO)N1CCN(Cc2ccc3cc(Oc4ccc(-c5ccn[nH]5)cn4)ccc3n2)CC1. The third-order valence-corrected chi connectivity index (χ3v) is 6.23. The first-order valence-electron chi connectivity index (χ1n) is 12.8. The third kappa shape index (κ3) is 8.80. The van der Waals surface area contributed by atoms with E-state index in [-0.39, 0.29) is 12.5 Å². The number of carbonyl (C=O) groups excluding carboxylic acids is 3. The molecule has 12 nitrogen and oxygen atoms in total. The van der Waals surface area contributed by atoms with E-state index in [1.807, 2.05) is 48.5 Å². The number of rotatable bonds is 8. The highest BCUT2D eigenvalue weighted by Crippen LogP contribution is 2.26. The van der Waals surface area contributed by atoms with E-state index >= 15 is 0 Å². The molecule has 1 amide bonds. The Labute approximate surface area is 240 Å². The number of nitrogens with zero attached hydrogens (tertiary/aromatic N) is 5. The summed E-state index contributed by atoms with van der Waals surface area (Å²) in [6, 6.07) is 15.5. The summed E-state index contributed by atoms with van der Waals surface area (Å²) in [5.74, 6) is 0.504. The Hall–Kier alpha value is -4.39. The minimum absolute atomic E-state index is 0.208. The summed E-state index contributed by atoms with van der Waals surface area (Å²) in [4.78, 5) is 44.5. The zero-order valence-electron chi connectivity index (χ0n) is 22.3. The number of hydrogen-bond acceptors (Lipinski definition) is 10. The van der Waals surface area contributed by atoms with Gasteiger partial charge in [0.15, 0.2) is 6.61 Å². The molecule has 41 heavy (non-hydrogen) atoms. The molecule has 214 valence electrons. The number of fused-ring (bicyclic) bond motifs is 1. The molecule has 3 aromatic heterocycles. The predicted molar refractivity (Wildman–Crippen MR) is 150 cm³/mol. The van der Waals surface area contributed by atoms with Gasteiger partial charge in [0.1, 0.15) is 12.4 Å². The Morgan fingerprint density at radius 2 is 1.85 bits per heavy atom. The van der Waals surface area contributed by atoms with Crippen molar-refractivity contribution in [3.05, 3.63) is 66.6 Å². The summed E-state index contributed by atoms with van der Waals surface area (Å²) >= 11 is 4.81. The smallest absolute Gasteiger partial charge is 0.303 e. The van der Waals surface area contributed by atoms with Gasteiger partial charge in [-0.05, 0) is 48.0 Å². The molecule has 1 aliphatic rings. The van der Waals surface area contributed by atoms with Gasteiger partial charge in [-0.15, -0.1) is 0 Å². The molecule has 5 rings (SSSR count). The van der Waals surface area contributed by atoms with Crippen molar-refractivity contribution in [3.8, 4) is 22.9 Å². The lowest BCUT2D eigenvalue weighted by Gasteiger charge is -2.34. The normalized spacial score (nSPS) is 13.3. The second kappa shape index (κ2) is 14.3. The van der Waals surface area contributed by atoms with Gasteiger partial charge < -0.3 is 19.5 Å². The Bertz CT molecular complexity index is 1460. The van der Waals surface area contributed by atoms with Gasteiger partial charge in [0.25, 0.3) is 5.24 Å². The molecule has 0 atom stereocenters. The zero-order chi connectivity index (χ0) is 29.2. The number of halogens is 1. The number of ether oxygens (including phenoxy) is 2. The van der Waals surface area contributed by atoms with E-state index in [9.17, 15) is 14.4 Å². The van der Waals surface area contributed by atoms with E-state index in [0.717, 1.165) is 47.5 Å². The molecule has 0 spiro atoms. The molecule has 2 N–H and O–H groups in total. The third-order valence-electron chi connectivity index (χ3n) is 6.12. The molecule has 4 heterocycles. The van der Waals surface area contributed by atoms with Crippen molar-refractivity contribution in [2.75, 3.05) is 39.4 Å². The number of H-pyrrole nitrogens is 1. The first kappa shape index (κ1) is 29.6. The zero-order valence-corrected chi connectivity index (χ0v) is 23.1. The maximum atomic E-state index is 11.6. The molecule has 0 bridgehead atoms. The standard InChI is InChI=1S/C24H24N6O3.C4H5ClO3/c31-16-24(32)30-11-9-29(10-12-30)15-19-3-1-17-13-20(4-5-21(17)27-19)33-23-6-2-18(14-25-23)22-7-8-26-28-22;1-3(6)8-2-4(5)7/h1-8,13-14,31H,9-12,15-16H2,(H,26,28);2H2,1H3. The number of carbonyl (C=O) groups is 3. The van der Waals surface area contributed by atoms with Crippen molar-refractivity contribution in [2.24, 2.45) is 0 Å². The van der Waals surface area contributed by atoms with Gasteiger partial charge in [-0.1, -0.05) is 6.07 Å². The van der Waals surface area contributed by atoms with Gasteiger partial charge in [0.05, 0.1) is 16.9 Å². The number of pyridine rings is 2. The monoisotopic (exact) mass is 580 g/mol. The van der Waals surface area contributed by atoms with Crippen LogP contribution in [0.25, 0.3) is 22.2 Å². The molecular weight excluding hydrogens is 552 g/mol. The van der Waals surface area contributed by atoms with Crippen molar-refractivity contribution in [3.63, 3.8) is 0 Å². The highest BCUT2D eigenvalue weighted by atomic mass is 35.5. The number of aliphatic hydroxyl groups excluding tert-OH is 1. The number of benzene rings is 1. The number of hydrogen-bond donors (Lipinski definition) is 2. The van der Waals surface area contributed by atoms with Crippen molar-refractivity contribution in [1.82, 2.24) is 30.0 Å². The van der Waals surface area contributed by atoms with Crippen LogP contribution < -0.4 is 4.74 Å². The fraction of sp³-hybridized carbons (Fsp3) is 0.286. The van der Waals surface area contributed by atoms with Gasteiger partial charge in [-0.2, -0.15) is 5.10 Å². The first-order chi connectivity index (χ1) is 19.8. The molecule has 0 radical (unpaired) electrons. The molecule has 0 aliphatic carbocycles. The molecule has 1 aromatic carbocycles. The lowest BCUT2D eigenvalue weighted by molar-refractivity contribution is -0.143. The van der Waals surface area contributed by atoms with Crippen LogP contribution in [0.4, 0.5) is 0 Å². The summed E-state index contributed by atoms with van der Waals surface area (Å²) in [5, 5.41) is 16.2. The number of aliphatic hydroxyl groups is 1. The summed E-state index contributed by atoms with van der Waals surface area (Å²) in [7, 11) is 0. The van der Waals surface area contributed by atoms with Crippen molar-refractivity contribution >= 4 is 39.6 Å². The van der Waals surface area contributed by atoms with Gasteiger partial charge in [-0.3, -0.25) is 29.4 Å². The fourth-order valence-corrected chi connectivity index (χ4v) is 4.13. The number of nitrogens with one attached hydrogen (secondary N) is 1. The largest absolute Gasteiger partial charge is 0.456 e. The number of amides is 1. The molecule has 1 aliphatic heterocycles. The molecule has 0 unspecified atom stereocenters. The second-order valence-electron chi connectivity index (χ2n) is 9.07. The maximum absolute atomic E-state index is 11.6. The predicted octanol–water partition coefficient (Wildman–Crippen LogP) is 2.76. The summed E-state index contributed by atoms with van der Waals surface area (Å²) < 4.78 is 10.1. The molecule has 13 heteroatoms. The van der Waals surface area contributed by atoms with Crippen LogP contribution in [0.15, 0.2) is 60.9 Å². The Morgan fingerprint density at radius 1 is 1.05 bits per heavy atom. The van der Waals surface area contributed by atoms with Crippen LogP contribution in [-0.4, -0.2) is 91.6 Å². The van der Waals surface area contributed by atoms with Crippen molar-refractivity contribution < 1.29 is 29.0 Å². The molecular formula is C28H29ClN6O6. The molecule has 0 saturated carbocycles. The quantitative estimate of drug-likeness (QED) is 0.235. The molecule has 1 saturated heterocycles. The van der Waals surface area contributed by atoms with E-state index in [1.165, 1.54) is 6.92 Å². The van der Waals surface area contributed by atoms with Crippen LogP contribution in [0.1, 0.15) is 12.6 Å². The summed E-state index contributed by atoms with van der Waals surface area (Å²) in [6.07, 6.45) is 3.45. The van der Waals surface area contributed by atoms with Crippen molar-refractivity contribution in [1.29, 1.82) is 0 Å². The summed E-state index contributed by atoms with van der Waals surface area (Å²) in [5.41, 5.74) is 3.73. The van der Waals surface area contributed by atoms with Gasteiger partial charge in [-0.25, -0.2) is 4.98 Å². The minimum atomic E-state index is -0.666. The van der Waals surface area contributed by atoms with Crippen LogP contribution in [-0.2, 0) is 25.7 Å². The Kier molecular flexibility index (Phi) is 10.3. The number of aromatic nitrogens is 4. The minimum Gasteiger partial charge on any atom is -0.456 e. The van der Waals surface area contributed by atoms with Crippen LogP contribution in [0, 0.1) is 0 Å². The van der Waals surface area contributed by atoms with E-state index in [1.54, 1.807) is 17.3 Å². The fourth-order valence-electron chi connectivity index (χ4n) is 4.08. The number of piperazine rings is 1. The molecule has 1 fully saturated rings. The lowest BCUT2D eigenvalue weighted by atomic mass is 10.2. The second-order valence-corrected chi connectivity index (χ2v) is 9.49. The highest BCUT2D eigenvalue weighted by Gasteiger charge is 2.20. The number of aromatic amines is 1. The van der Waals surface area contributed by atoms with Crippen LogP contribution in [0.5, 0.6) is 11.6 Å². The molecule has 4 aromatic rings. The topological polar surface area (TPSA) is 151 Å². The van der Waals surface area contributed by atoms with Crippen molar-refractivity contribution in [2.45, 2.75) is 13.5 Å². The average molecular weight is 581 g/mol. The van der Waals surface area contributed by atoms with E-state index in [4.69, 9.17) is 26.4 Å². The van der Waals surface area contributed by atoms with E-state index in [2.05, 4.69) is 24.8 Å². The summed E-state index contributed by atoms with van der Waals surface area (Å²) in [6.45, 7) is 3.97. The Balaban J connectivity index is 0.000000426. The van der Waals surface area contributed by atoms with Crippen LogP contribution in [0.3, 0.4) is 0 Å². The van der Waals surface area contributed by atoms with Gasteiger partial charge in [0, 0.05) is 69.1 Å². The van der Waals surface area contributed by atoms with E-state index < -0.39 is 17.8 Å². The van der Waals surface area contributed by atoms with Crippen LogP contribution in [0.2, 0.25) is 0 Å². The number of esters is 1. The van der Waals surface area contributed by atoms with Gasteiger partial charge >= 0.3 is 5.97 Å². The van der Waals surface area contributed by atoms with Gasteiger partial charge in [0.2, 0.25) is 11.8 Å². The highest BCUT2D eigenvalue weighted by molar-refractivity contribution is 6.64. The Morgan fingerprint density at radius 3 is 2.46 bits per heavy atom. The maximum Gasteiger partial charge on any atom is 0.303 e. The van der Waals surface area contributed by atoms with Crippen LogP contribution >= 0.6 is 11.6 Å². The average Bonchev–Trinajstić information content (AvgIpc) is 3.52. The van der Waals surface area contributed by atoms with E-state index in [0.29, 0.717) is 24.7 Å². The first-order valence-corrected chi connectivity index (χ1v) is 13.1. The lowest BCUT2D eigenvalue weighted by Crippen LogP contribution is -2.49.